The third kappa shape index (κ3) is 4.16. The van der Waals surface area contributed by atoms with Crippen molar-refractivity contribution < 1.29 is 13.5 Å². The number of nitrogens with one attached hydrogen (secondary N) is 1. The summed E-state index contributed by atoms with van der Waals surface area (Å²) < 4.78 is 29.3. The van der Waals surface area contributed by atoms with Crippen LogP contribution in [0.5, 0.6) is 0 Å². The van der Waals surface area contributed by atoms with E-state index in [9.17, 15) is 13.5 Å². The summed E-state index contributed by atoms with van der Waals surface area (Å²) in [5.74, 6) is 0.748. The summed E-state index contributed by atoms with van der Waals surface area (Å²) >= 11 is 0. The van der Waals surface area contributed by atoms with Gasteiger partial charge in [0.2, 0.25) is 0 Å². The molecule has 1 aliphatic heterocycles. The van der Waals surface area contributed by atoms with Crippen LogP contribution < -0.4 is 4.72 Å². The van der Waals surface area contributed by atoms with Gasteiger partial charge in [0, 0.05) is 25.7 Å². The number of hydrogen-bond donors (Lipinski definition) is 2. The molecule has 0 bridgehead atoms. The highest BCUT2D eigenvalue weighted by atomic mass is 32.2. The molecule has 1 saturated carbocycles. The Morgan fingerprint density at radius 2 is 1.95 bits per heavy atom. The van der Waals surface area contributed by atoms with Crippen molar-refractivity contribution in [2.45, 2.75) is 57.9 Å². The maximum atomic E-state index is 12.4. The SMILES string of the molecule is CCC1CCCC(NS(=O)(=O)N2CCCC(CO)C2)C1. The Hall–Kier alpha value is -0.170. The van der Waals surface area contributed by atoms with Crippen LogP contribution in [0.25, 0.3) is 0 Å². The fourth-order valence-electron chi connectivity index (χ4n) is 3.45. The maximum absolute atomic E-state index is 12.4. The van der Waals surface area contributed by atoms with E-state index >= 15 is 0 Å². The zero-order valence-electron chi connectivity index (χ0n) is 12.4. The maximum Gasteiger partial charge on any atom is 0.279 e. The van der Waals surface area contributed by atoms with Crippen LogP contribution in [0.4, 0.5) is 0 Å². The Kier molecular flexibility index (Phi) is 5.84. The normalized spacial score (nSPS) is 33.2. The first-order valence-electron chi connectivity index (χ1n) is 7.93. The van der Waals surface area contributed by atoms with Gasteiger partial charge >= 0.3 is 0 Å². The van der Waals surface area contributed by atoms with E-state index in [1.165, 1.54) is 10.7 Å². The molecule has 0 aromatic carbocycles. The van der Waals surface area contributed by atoms with Crippen LogP contribution in [0.15, 0.2) is 0 Å². The molecule has 6 heteroatoms. The molecule has 1 aliphatic carbocycles. The lowest BCUT2D eigenvalue weighted by atomic mass is 9.85. The van der Waals surface area contributed by atoms with E-state index in [-0.39, 0.29) is 18.6 Å². The van der Waals surface area contributed by atoms with E-state index in [0.29, 0.717) is 19.0 Å². The third-order valence-electron chi connectivity index (χ3n) is 4.76. The van der Waals surface area contributed by atoms with Crippen LogP contribution in [-0.2, 0) is 10.2 Å². The first-order valence-corrected chi connectivity index (χ1v) is 9.37. The molecule has 3 unspecified atom stereocenters. The molecule has 0 radical (unpaired) electrons. The number of hydrogen-bond acceptors (Lipinski definition) is 3. The second-order valence-corrected chi connectivity index (χ2v) is 8.01. The topological polar surface area (TPSA) is 69.6 Å². The second kappa shape index (κ2) is 7.20. The summed E-state index contributed by atoms with van der Waals surface area (Å²) in [5.41, 5.74) is 0. The van der Waals surface area contributed by atoms with E-state index in [1.54, 1.807) is 0 Å². The summed E-state index contributed by atoms with van der Waals surface area (Å²) in [6, 6.07) is 0.0909. The Morgan fingerprint density at radius 3 is 2.65 bits per heavy atom. The van der Waals surface area contributed by atoms with Crippen molar-refractivity contribution in [2.75, 3.05) is 19.7 Å². The van der Waals surface area contributed by atoms with E-state index in [2.05, 4.69) is 11.6 Å². The highest BCUT2D eigenvalue weighted by Gasteiger charge is 2.31. The van der Waals surface area contributed by atoms with Crippen LogP contribution in [-0.4, -0.2) is 43.6 Å². The Balaban J connectivity index is 1.92. The van der Waals surface area contributed by atoms with E-state index in [4.69, 9.17) is 0 Å². The molecular formula is C14H28N2O3S. The summed E-state index contributed by atoms with van der Waals surface area (Å²) in [6.45, 7) is 3.29. The number of aliphatic hydroxyl groups is 1. The standard InChI is InChI=1S/C14H28N2O3S/c1-2-12-5-3-7-14(9-12)15-20(18,19)16-8-4-6-13(10-16)11-17/h12-15,17H,2-11H2,1H3. The van der Waals surface area contributed by atoms with Crippen LogP contribution >= 0.6 is 0 Å². The number of nitrogens with zero attached hydrogens (tertiary/aromatic N) is 1. The van der Waals surface area contributed by atoms with Crippen LogP contribution in [0.1, 0.15) is 51.9 Å². The van der Waals surface area contributed by atoms with Crippen molar-refractivity contribution in [1.29, 1.82) is 0 Å². The molecule has 2 rings (SSSR count). The lowest BCUT2D eigenvalue weighted by Crippen LogP contribution is -2.50. The van der Waals surface area contributed by atoms with Crippen LogP contribution in [0.3, 0.4) is 0 Å². The quantitative estimate of drug-likeness (QED) is 0.808. The summed E-state index contributed by atoms with van der Waals surface area (Å²) in [6.07, 6.45) is 7.16. The Labute approximate surface area is 122 Å². The second-order valence-electron chi connectivity index (χ2n) is 6.31. The fraction of sp³-hybridized carbons (Fsp3) is 1.00. The summed E-state index contributed by atoms with van der Waals surface area (Å²) in [4.78, 5) is 0. The van der Waals surface area contributed by atoms with Gasteiger partial charge in [0.05, 0.1) is 0 Å². The molecule has 118 valence electrons. The average molecular weight is 304 g/mol. The molecule has 0 amide bonds. The molecule has 2 aliphatic rings. The smallest absolute Gasteiger partial charge is 0.279 e. The average Bonchev–Trinajstić information content (AvgIpc) is 2.47. The van der Waals surface area contributed by atoms with E-state index in [0.717, 1.165) is 38.5 Å². The van der Waals surface area contributed by atoms with Gasteiger partial charge in [-0.1, -0.05) is 26.2 Å². The van der Waals surface area contributed by atoms with Crippen molar-refractivity contribution in [3.8, 4) is 0 Å². The molecule has 0 aromatic rings. The minimum Gasteiger partial charge on any atom is -0.396 e. The minimum atomic E-state index is -3.39. The molecule has 1 heterocycles. The lowest BCUT2D eigenvalue weighted by molar-refractivity contribution is 0.164. The fourth-order valence-corrected chi connectivity index (χ4v) is 5.01. The first kappa shape index (κ1) is 16.2. The minimum absolute atomic E-state index is 0.0767. The molecule has 0 aromatic heterocycles. The van der Waals surface area contributed by atoms with Crippen LogP contribution in [0.2, 0.25) is 0 Å². The highest BCUT2D eigenvalue weighted by Crippen LogP contribution is 2.27. The largest absolute Gasteiger partial charge is 0.396 e. The van der Waals surface area contributed by atoms with Gasteiger partial charge in [0.25, 0.3) is 10.2 Å². The Bertz CT molecular complexity index is 399. The van der Waals surface area contributed by atoms with E-state index < -0.39 is 10.2 Å². The molecule has 2 N–H and O–H groups in total. The molecule has 3 atom stereocenters. The number of aliphatic hydroxyl groups excluding tert-OH is 1. The number of rotatable bonds is 5. The Morgan fingerprint density at radius 1 is 1.20 bits per heavy atom. The van der Waals surface area contributed by atoms with Gasteiger partial charge in [-0.05, 0) is 37.5 Å². The molecule has 0 spiro atoms. The summed E-state index contributed by atoms with van der Waals surface area (Å²) in [5, 5.41) is 9.22. The van der Waals surface area contributed by atoms with Crippen LogP contribution in [0, 0.1) is 11.8 Å². The van der Waals surface area contributed by atoms with Crippen molar-refractivity contribution in [3.05, 3.63) is 0 Å². The van der Waals surface area contributed by atoms with Crippen molar-refractivity contribution >= 4 is 10.2 Å². The van der Waals surface area contributed by atoms with Gasteiger partial charge < -0.3 is 5.11 Å². The molecular weight excluding hydrogens is 276 g/mol. The zero-order valence-corrected chi connectivity index (χ0v) is 13.2. The van der Waals surface area contributed by atoms with E-state index in [1.807, 2.05) is 0 Å². The first-order chi connectivity index (χ1) is 9.55. The van der Waals surface area contributed by atoms with Gasteiger partial charge in [0.15, 0.2) is 0 Å². The molecule has 20 heavy (non-hydrogen) atoms. The zero-order chi connectivity index (χ0) is 14.6. The lowest BCUT2D eigenvalue weighted by Gasteiger charge is -2.34. The van der Waals surface area contributed by atoms with Crippen molar-refractivity contribution in [1.82, 2.24) is 9.03 Å². The van der Waals surface area contributed by atoms with Gasteiger partial charge in [-0.3, -0.25) is 0 Å². The van der Waals surface area contributed by atoms with Gasteiger partial charge in [0.1, 0.15) is 0 Å². The summed E-state index contributed by atoms with van der Waals surface area (Å²) in [7, 11) is -3.39. The molecule has 1 saturated heterocycles. The van der Waals surface area contributed by atoms with Gasteiger partial charge in [-0.15, -0.1) is 0 Å². The monoisotopic (exact) mass is 304 g/mol. The van der Waals surface area contributed by atoms with Gasteiger partial charge in [-0.2, -0.15) is 17.4 Å². The highest BCUT2D eigenvalue weighted by molar-refractivity contribution is 7.87. The third-order valence-corrected chi connectivity index (χ3v) is 6.40. The molecule has 2 fully saturated rings. The predicted octanol–water partition coefficient (Wildman–Crippen LogP) is 1.49. The molecule has 5 nitrogen and oxygen atoms in total. The van der Waals surface area contributed by atoms with Crippen molar-refractivity contribution in [3.63, 3.8) is 0 Å². The van der Waals surface area contributed by atoms with Gasteiger partial charge in [-0.25, -0.2) is 0 Å². The van der Waals surface area contributed by atoms with Crippen molar-refractivity contribution in [2.24, 2.45) is 11.8 Å². The predicted molar refractivity (Wildman–Crippen MR) is 79.5 cm³/mol. The number of piperidine rings is 1.